The van der Waals surface area contributed by atoms with Crippen LogP contribution in [0.3, 0.4) is 0 Å². The van der Waals surface area contributed by atoms with Crippen LogP contribution in [0.4, 0.5) is 5.69 Å². The summed E-state index contributed by atoms with van der Waals surface area (Å²) in [6, 6.07) is 15.4. The molecule has 2 aromatic carbocycles. The number of likely N-dealkylation sites (N-methyl/N-ethyl adjacent to an activating group) is 1. The molecule has 0 radical (unpaired) electrons. The van der Waals surface area contributed by atoms with E-state index in [4.69, 9.17) is 4.74 Å². The van der Waals surface area contributed by atoms with Crippen LogP contribution in [0.25, 0.3) is 0 Å². The summed E-state index contributed by atoms with van der Waals surface area (Å²) in [5.41, 5.74) is 2.10. The predicted molar refractivity (Wildman–Crippen MR) is 127 cm³/mol. The summed E-state index contributed by atoms with van der Waals surface area (Å²) >= 11 is 0. The average Bonchev–Trinajstić information content (AvgIpc) is 3.27. The van der Waals surface area contributed by atoms with Crippen molar-refractivity contribution in [3.8, 4) is 5.75 Å². The van der Waals surface area contributed by atoms with Crippen molar-refractivity contribution in [2.75, 3.05) is 45.2 Å². The first-order valence-corrected chi connectivity index (χ1v) is 11.4. The largest absolute Gasteiger partial charge is 0.497 e. The Labute approximate surface area is 190 Å². The lowest BCUT2D eigenvalue weighted by molar-refractivity contribution is -0.115. The lowest BCUT2D eigenvalue weighted by Gasteiger charge is -2.22. The number of amides is 2. The number of rotatable bonds is 11. The SMILES string of the molecule is CCN1CCC[C@H]1CNCC(=O)Nc1ccccc1C(=O)NCCc1ccc(OC)cc1. The molecule has 32 heavy (non-hydrogen) atoms. The molecule has 1 aliphatic rings. The van der Waals surface area contributed by atoms with Crippen molar-refractivity contribution >= 4 is 17.5 Å². The van der Waals surface area contributed by atoms with Crippen LogP contribution in [-0.4, -0.2) is 62.6 Å². The number of methoxy groups -OCH3 is 1. The van der Waals surface area contributed by atoms with Gasteiger partial charge in [-0.1, -0.05) is 31.2 Å². The van der Waals surface area contributed by atoms with Gasteiger partial charge in [0.05, 0.1) is 24.9 Å². The Morgan fingerprint density at radius 2 is 1.91 bits per heavy atom. The number of likely N-dealkylation sites (tertiary alicyclic amines) is 1. The van der Waals surface area contributed by atoms with Crippen LogP contribution in [0.1, 0.15) is 35.7 Å². The van der Waals surface area contributed by atoms with Gasteiger partial charge in [-0.25, -0.2) is 0 Å². The molecule has 1 aliphatic heterocycles. The van der Waals surface area contributed by atoms with Gasteiger partial charge in [-0.15, -0.1) is 0 Å². The monoisotopic (exact) mass is 438 g/mol. The Balaban J connectivity index is 1.46. The molecule has 0 aliphatic carbocycles. The van der Waals surface area contributed by atoms with Gasteiger partial charge in [-0.3, -0.25) is 14.5 Å². The van der Waals surface area contributed by atoms with Crippen molar-refractivity contribution in [2.45, 2.75) is 32.2 Å². The summed E-state index contributed by atoms with van der Waals surface area (Å²) in [6.07, 6.45) is 3.10. The molecule has 1 atom stereocenters. The highest BCUT2D eigenvalue weighted by Gasteiger charge is 2.22. The fourth-order valence-corrected chi connectivity index (χ4v) is 4.09. The van der Waals surface area contributed by atoms with Gasteiger partial charge in [0, 0.05) is 19.1 Å². The smallest absolute Gasteiger partial charge is 0.253 e. The first-order chi connectivity index (χ1) is 15.6. The maximum atomic E-state index is 12.7. The van der Waals surface area contributed by atoms with Crippen molar-refractivity contribution in [3.05, 3.63) is 59.7 Å². The fraction of sp³-hybridized carbons (Fsp3) is 0.440. The van der Waals surface area contributed by atoms with Crippen LogP contribution >= 0.6 is 0 Å². The summed E-state index contributed by atoms with van der Waals surface area (Å²) in [6.45, 7) is 5.88. The van der Waals surface area contributed by atoms with Crippen molar-refractivity contribution < 1.29 is 14.3 Å². The molecule has 1 fully saturated rings. The Hall–Kier alpha value is -2.90. The third kappa shape index (κ3) is 6.80. The molecule has 1 heterocycles. The molecule has 172 valence electrons. The molecule has 0 bridgehead atoms. The number of hydrogen-bond donors (Lipinski definition) is 3. The minimum absolute atomic E-state index is 0.149. The first kappa shape index (κ1) is 23.8. The van der Waals surface area contributed by atoms with Gasteiger partial charge in [0.15, 0.2) is 0 Å². The van der Waals surface area contributed by atoms with Crippen LogP contribution < -0.4 is 20.7 Å². The van der Waals surface area contributed by atoms with Gasteiger partial charge in [0.25, 0.3) is 5.91 Å². The molecule has 0 spiro atoms. The molecule has 0 unspecified atom stereocenters. The van der Waals surface area contributed by atoms with Gasteiger partial charge in [0.2, 0.25) is 5.91 Å². The van der Waals surface area contributed by atoms with Crippen LogP contribution in [-0.2, 0) is 11.2 Å². The van der Waals surface area contributed by atoms with E-state index in [1.54, 1.807) is 25.3 Å². The fourth-order valence-electron chi connectivity index (χ4n) is 4.09. The second-order valence-corrected chi connectivity index (χ2v) is 8.00. The van der Waals surface area contributed by atoms with Crippen LogP contribution in [0.5, 0.6) is 5.75 Å². The number of carbonyl (C=O) groups is 2. The lowest BCUT2D eigenvalue weighted by atomic mass is 10.1. The zero-order valence-electron chi connectivity index (χ0n) is 19.0. The molecule has 3 rings (SSSR count). The van der Waals surface area contributed by atoms with Gasteiger partial charge in [-0.2, -0.15) is 0 Å². The minimum atomic E-state index is -0.202. The van der Waals surface area contributed by atoms with Crippen molar-refractivity contribution in [1.29, 1.82) is 0 Å². The number of anilines is 1. The zero-order chi connectivity index (χ0) is 22.8. The molecule has 3 N–H and O–H groups in total. The van der Waals surface area contributed by atoms with Crippen LogP contribution in [0.2, 0.25) is 0 Å². The van der Waals surface area contributed by atoms with E-state index < -0.39 is 0 Å². The molecule has 0 aromatic heterocycles. The van der Waals surface area contributed by atoms with Crippen molar-refractivity contribution in [2.24, 2.45) is 0 Å². The van der Waals surface area contributed by atoms with E-state index in [0.717, 1.165) is 30.9 Å². The van der Waals surface area contributed by atoms with Crippen LogP contribution in [0, 0.1) is 0 Å². The van der Waals surface area contributed by atoms with Crippen molar-refractivity contribution in [3.63, 3.8) is 0 Å². The summed E-state index contributed by atoms with van der Waals surface area (Å²) in [5.74, 6) is 0.458. The van der Waals surface area contributed by atoms with E-state index in [1.165, 1.54) is 12.8 Å². The van der Waals surface area contributed by atoms with E-state index in [2.05, 4.69) is 27.8 Å². The third-order valence-corrected chi connectivity index (χ3v) is 5.87. The second kappa shape index (κ2) is 12.2. The quantitative estimate of drug-likeness (QED) is 0.503. The molecule has 2 amide bonds. The Bertz CT molecular complexity index is 885. The number of ether oxygens (including phenoxy) is 1. The summed E-state index contributed by atoms with van der Waals surface area (Å²) in [4.78, 5) is 27.6. The first-order valence-electron chi connectivity index (χ1n) is 11.4. The third-order valence-electron chi connectivity index (χ3n) is 5.87. The van der Waals surface area contributed by atoms with E-state index in [1.807, 2.05) is 30.3 Å². The number of benzene rings is 2. The maximum Gasteiger partial charge on any atom is 0.253 e. The van der Waals surface area contributed by atoms with E-state index in [0.29, 0.717) is 30.3 Å². The number of nitrogens with one attached hydrogen (secondary N) is 3. The molecule has 2 aromatic rings. The molecular formula is C25H34N4O3. The highest BCUT2D eigenvalue weighted by atomic mass is 16.5. The standard InChI is InChI=1S/C25H34N4O3/c1-3-29-16-6-7-20(29)17-26-18-24(30)28-23-9-5-4-8-22(23)25(31)27-15-14-19-10-12-21(32-2)13-11-19/h4-5,8-13,20,26H,3,6-7,14-18H2,1-2H3,(H,27,31)(H,28,30)/t20-/m0/s1. The maximum absolute atomic E-state index is 12.7. The average molecular weight is 439 g/mol. The summed E-state index contributed by atoms with van der Waals surface area (Å²) < 4.78 is 5.16. The lowest BCUT2D eigenvalue weighted by Crippen LogP contribution is -2.40. The number of para-hydroxylation sites is 1. The second-order valence-electron chi connectivity index (χ2n) is 8.00. The van der Waals surface area contributed by atoms with Crippen molar-refractivity contribution in [1.82, 2.24) is 15.5 Å². The Morgan fingerprint density at radius 1 is 1.12 bits per heavy atom. The normalized spacial score (nSPS) is 16.0. The van der Waals surface area contributed by atoms with E-state index in [-0.39, 0.29) is 18.4 Å². The Kier molecular flexibility index (Phi) is 9.07. The Morgan fingerprint density at radius 3 is 2.66 bits per heavy atom. The highest BCUT2D eigenvalue weighted by Crippen LogP contribution is 2.17. The molecular weight excluding hydrogens is 404 g/mol. The van der Waals surface area contributed by atoms with Gasteiger partial charge in [0.1, 0.15) is 5.75 Å². The molecule has 0 saturated carbocycles. The van der Waals surface area contributed by atoms with E-state index in [9.17, 15) is 9.59 Å². The number of hydrogen-bond acceptors (Lipinski definition) is 5. The molecule has 7 nitrogen and oxygen atoms in total. The molecule has 1 saturated heterocycles. The van der Waals surface area contributed by atoms with E-state index >= 15 is 0 Å². The summed E-state index contributed by atoms with van der Waals surface area (Å²) in [7, 11) is 1.64. The predicted octanol–water partition coefficient (Wildman–Crippen LogP) is 2.68. The zero-order valence-corrected chi connectivity index (χ0v) is 19.0. The molecule has 7 heteroatoms. The van der Waals surface area contributed by atoms with Gasteiger partial charge >= 0.3 is 0 Å². The summed E-state index contributed by atoms with van der Waals surface area (Å²) in [5, 5.41) is 9.07. The van der Waals surface area contributed by atoms with Gasteiger partial charge < -0.3 is 20.7 Å². The van der Waals surface area contributed by atoms with Gasteiger partial charge in [-0.05, 0) is 62.2 Å². The van der Waals surface area contributed by atoms with Crippen LogP contribution in [0.15, 0.2) is 48.5 Å². The minimum Gasteiger partial charge on any atom is -0.497 e. The highest BCUT2D eigenvalue weighted by molar-refractivity contribution is 6.04. The number of carbonyl (C=O) groups excluding carboxylic acids is 2. The number of nitrogens with zero attached hydrogens (tertiary/aromatic N) is 1. The topological polar surface area (TPSA) is 82.7 Å².